The molecule has 1 aliphatic rings. The van der Waals surface area contributed by atoms with Crippen LogP contribution in [-0.2, 0) is 9.53 Å². The van der Waals surface area contributed by atoms with Gasteiger partial charge in [0, 0.05) is 11.8 Å². The van der Waals surface area contributed by atoms with Gasteiger partial charge in [-0.1, -0.05) is 6.92 Å². The second-order valence-corrected chi connectivity index (χ2v) is 5.96. The van der Waals surface area contributed by atoms with Gasteiger partial charge in [-0.05, 0) is 26.2 Å². The Morgan fingerprint density at radius 3 is 2.48 bits per heavy atom. The van der Waals surface area contributed by atoms with Crippen LogP contribution < -0.4 is 0 Å². The Kier molecular flexibility index (Phi) is 6.19. The maximum Gasteiger partial charge on any atom is 0.343 e. The van der Waals surface area contributed by atoms with Crippen LogP contribution in [0.25, 0.3) is 5.76 Å². The minimum Gasteiger partial charge on any atom is -0.506 e. The van der Waals surface area contributed by atoms with Crippen molar-refractivity contribution in [2.45, 2.75) is 39.2 Å². The third-order valence-corrected chi connectivity index (χ3v) is 3.81. The third-order valence-electron chi connectivity index (χ3n) is 3.81. The highest BCUT2D eigenvalue weighted by atomic mass is 19.2. The maximum atomic E-state index is 14.5. The van der Waals surface area contributed by atoms with Gasteiger partial charge in [0.25, 0.3) is 0 Å². The van der Waals surface area contributed by atoms with Gasteiger partial charge < -0.3 is 9.84 Å². The van der Waals surface area contributed by atoms with E-state index >= 15 is 0 Å². The summed E-state index contributed by atoms with van der Waals surface area (Å²) < 4.78 is 47.1. The number of aliphatic hydroxyl groups excluding tert-OH is 1. The minimum absolute atomic E-state index is 0.0335. The molecule has 0 heterocycles. The molecule has 1 fully saturated rings. The van der Waals surface area contributed by atoms with E-state index in [2.05, 4.69) is 4.99 Å². The highest BCUT2D eigenvalue weighted by Crippen LogP contribution is 2.35. The van der Waals surface area contributed by atoms with Crippen LogP contribution in [0.15, 0.2) is 10.6 Å². The first-order valence-corrected chi connectivity index (χ1v) is 8.15. The first kappa shape index (κ1) is 20.4. The first-order valence-electron chi connectivity index (χ1n) is 8.15. The van der Waals surface area contributed by atoms with Gasteiger partial charge in [-0.15, -0.1) is 0 Å². The molecule has 0 unspecified atom stereocenters. The molecule has 1 aliphatic carbocycles. The quantitative estimate of drug-likeness (QED) is 0.146. The Labute approximate surface area is 152 Å². The molecule has 0 radical (unpaired) electrons. The van der Waals surface area contributed by atoms with Gasteiger partial charge >= 0.3 is 11.7 Å². The number of aliphatic imine (C=N–C) groups is 1. The van der Waals surface area contributed by atoms with Crippen LogP contribution >= 0.6 is 0 Å². The average Bonchev–Trinajstić information content (AvgIpc) is 3.44. The SMILES string of the molecule is CCCOC(=O)/C(C=NC1CC1)=C(/O)c1c(F)c(C)c(F)c(F)c1[N+](=O)[O-]. The van der Waals surface area contributed by atoms with Gasteiger partial charge in [0.15, 0.2) is 5.82 Å². The highest BCUT2D eigenvalue weighted by Gasteiger charge is 2.35. The zero-order valence-corrected chi connectivity index (χ0v) is 14.6. The average molecular weight is 386 g/mol. The lowest BCUT2D eigenvalue weighted by Crippen LogP contribution is -2.15. The number of ether oxygens (including phenoxy) is 1. The van der Waals surface area contributed by atoms with Gasteiger partial charge in [0.05, 0.1) is 17.6 Å². The number of carbonyl (C=O) groups is 1. The number of nitro benzene ring substituents is 1. The largest absolute Gasteiger partial charge is 0.506 e. The summed E-state index contributed by atoms with van der Waals surface area (Å²) in [5.41, 5.74) is -4.40. The zero-order valence-electron chi connectivity index (χ0n) is 14.6. The van der Waals surface area contributed by atoms with Crippen molar-refractivity contribution >= 4 is 23.6 Å². The molecule has 10 heteroatoms. The lowest BCUT2D eigenvalue weighted by molar-refractivity contribution is -0.388. The summed E-state index contributed by atoms with van der Waals surface area (Å²) in [4.78, 5) is 25.9. The van der Waals surface area contributed by atoms with E-state index in [1.54, 1.807) is 6.92 Å². The maximum absolute atomic E-state index is 14.5. The Balaban J connectivity index is 2.72. The van der Waals surface area contributed by atoms with Crippen LogP contribution in [0.1, 0.15) is 37.3 Å². The molecule has 1 N–H and O–H groups in total. The first-order chi connectivity index (χ1) is 12.7. The Hall–Kier alpha value is -2.91. The van der Waals surface area contributed by atoms with Crippen molar-refractivity contribution in [3.05, 3.63) is 44.3 Å². The van der Waals surface area contributed by atoms with Crippen LogP contribution in [0.2, 0.25) is 0 Å². The minimum atomic E-state index is -1.94. The Morgan fingerprint density at radius 2 is 1.96 bits per heavy atom. The fourth-order valence-corrected chi connectivity index (χ4v) is 2.17. The molecule has 0 saturated heterocycles. The monoisotopic (exact) mass is 386 g/mol. The van der Waals surface area contributed by atoms with E-state index in [1.165, 1.54) is 0 Å². The number of esters is 1. The molecule has 7 nitrogen and oxygen atoms in total. The molecule has 0 atom stereocenters. The van der Waals surface area contributed by atoms with Gasteiger partial charge in [-0.3, -0.25) is 15.1 Å². The third kappa shape index (κ3) is 4.26. The molecule has 0 spiro atoms. The molecule has 0 amide bonds. The van der Waals surface area contributed by atoms with E-state index < -0.39 is 56.5 Å². The van der Waals surface area contributed by atoms with E-state index in [4.69, 9.17) is 4.74 Å². The zero-order chi connectivity index (χ0) is 20.3. The Morgan fingerprint density at radius 1 is 1.33 bits per heavy atom. The molecule has 27 heavy (non-hydrogen) atoms. The van der Waals surface area contributed by atoms with Crippen molar-refractivity contribution in [1.29, 1.82) is 0 Å². The van der Waals surface area contributed by atoms with E-state index in [1.807, 2.05) is 0 Å². The molecular weight excluding hydrogens is 369 g/mol. The van der Waals surface area contributed by atoms with Crippen molar-refractivity contribution < 1.29 is 32.7 Å². The molecular formula is C17H17F3N2O5. The molecule has 1 aromatic rings. The summed E-state index contributed by atoms with van der Waals surface area (Å²) in [5.74, 6) is -7.61. The second-order valence-electron chi connectivity index (χ2n) is 5.96. The topological polar surface area (TPSA) is 102 Å². The Bertz CT molecular complexity index is 848. The predicted octanol–water partition coefficient (Wildman–Crippen LogP) is 3.78. The van der Waals surface area contributed by atoms with Crippen molar-refractivity contribution in [3.8, 4) is 0 Å². The molecule has 146 valence electrons. The number of carbonyl (C=O) groups excluding carboxylic acids is 1. The van der Waals surface area contributed by atoms with Gasteiger partial charge in [-0.2, -0.15) is 4.39 Å². The number of halogens is 3. The molecule has 1 aromatic carbocycles. The van der Waals surface area contributed by atoms with Crippen molar-refractivity contribution in [1.82, 2.24) is 0 Å². The van der Waals surface area contributed by atoms with Crippen LogP contribution in [0, 0.1) is 34.5 Å². The van der Waals surface area contributed by atoms with E-state index in [-0.39, 0.29) is 12.6 Å². The van der Waals surface area contributed by atoms with Crippen LogP contribution in [-0.4, -0.2) is 34.9 Å². The van der Waals surface area contributed by atoms with Gasteiger partial charge in [0.1, 0.15) is 22.7 Å². The molecule has 0 bridgehead atoms. The number of nitro groups is 1. The van der Waals surface area contributed by atoms with E-state index in [0.717, 1.165) is 26.0 Å². The number of hydrogen-bond donors (Lipinski definition) is 1. The number of aliphatic hydroxyl groups is 1. The lowest BCUT2D eigenvalue weighted by atomic mass is 10.0. The fraction of sp³-hybridized carbons (Fsp3) is 0.412. The fourth-order valence-electron chi connectivity index (χ4n) is 2.17. The number of hydrogen-bond acceptors (Lipinski definition) is 6. The number of benzene rings is 1. The normalized spacial score (nSPS) is 15.0. The molecule has 1 saturated carbocycles. The van der Waals surface area contributed by atoms with E-state index in [9.17, 15) is 33.2 Å². The summed E-state index contributed by atoms with van der Waals surface area (Å²) in [6, 6.07) is -0.0988. The van der Waals surface area contributed by atoms with Crippen molar-refractivity contribution in [2.75, 3.05) is 6.61 Å². The lowest BCUT2D eigenvalue weighted by Gasteiger charge is -2.11. The summed E-state index contributed by atoms with van der Waals surface area (Å²) in [7, 11) is 0. The highest BCUT2D eigenvalue weighted by molar-refractivity contribution is 6.15. The van der Waals surface area contributed by atoms with Crippen LogP contribution in [0.4, 0.5) is 18.9 Å². The molecule has 0 aliphatic heterocycles. The predicted molar refractivity (Wildman–Crippen MR) is 90.0 cm³/mol. The number of rotatable bonds is 7. The summed E-state index contributed by atoms with van der Waals surface area (Å²) in [6.07, 6.45) is 2.84. The molecule has 2 rings (SSSR count). The summed E-state index contributed by atoms with van der Waals surface area (Å²) in [6.45, 7) is 2.52. The number of nitrogens with zero attached hydrogens (tertiary/aromatic N) is 2. The second kappa shape index (κ2) is 8.19. The smallest absolute Gasteiger partial charge is 0.343 e. The van der Waals surface area contributed by atoms with Crippen LogP contribution in [0.3, 0.4) is 0 Å². The van der Waals surface area contributed by atoms with Crippen molar-refractivity contribution in [3.63, 3.8) is 0 Å². The molecule has 0 aromatic heterocycles. The van der Waals surface area contributed by atoms with Gasteiger partial charge in [-0.25, -0.2) is 13.6 Å². The van der Waals surface area contributed by atoms with Gasteiger partial charge in [0.2, 0.25) is 5.82 Å². The van der Waals surface area contributed by atoms with Crippen molar-refractivity contribution in [2.24, 2.45) is 4.99 Å². The van der Waals surface area contributed by atoms with E-state index in [0.29, 0.717) is 6.42 Å². The summed E-state index contributed by atoms with van der Waals surface area (Å²) in [5, 5.41) is 21.5. The summed E-state index contributed by atoms with van der Waals surface area (Å²) >= 11 is 0. The van der Waals surface area contributed by atoms with Crippen LogP contribution in [0.5, 0.6) is 0 Å². The standard InChI is InChI=1S/C17H17F3N2O5/c1-3-6-27-17(24)10(7-21-9-4-5-9)16(23)11-12(18)8(2)13(19)14(20)15(11)22(25)26/h7,9,23H,3-6H2,1-2H3/b16-10+,21-7?.